The molecule has 0 bridgehead atoms. The lowest BCUT2D eigenvalue weighted by molar-refractivity contribution is 0.0985. The van der Waals surface area contributed by atoms with Gasteiger partial charge in [0.25, 0.3) is 11.6 Å². The van der Waals surface area contributed by atoms with E-state index in [0.717, 1.165) is 6.07 Å². The zero-order valence-corrected chi connectivity index (χ0v) is 13.8. The lowest BCUT2D eigenvalue weighted by Crippen LogP contribution is -2.36. The first-order chi connectivity index (χ1) is 12.0. The molecule has 0 saturated carbocycles. The number of carbonyl (C=O) groups is 1. The molecule has 25 heavy (non-hydrogen) atoms. The average molecular weight is 343 g/mol. The van der Waals surface area contributed by atoms with Gasteiger partial charge in [-0.3, -0.25) is 4.79 Å². The van der Waals surface area contributed by atoms with Crippen molar-refractivity contribution < 1.29 is 18.1 Å². The molecule has 0 unspecified atom stereocenters. The number of benzene rings is 1. The van der Waals surface area contributed by atoms with Gasteiger partial charge < -0.3 is 9.42 Å². The minimum atomic E-state index is -0.730. The molecule has 3 aromatic rings. The van der Waals surface area contributed by atoms with Gasteiger partial charge in [0.05, 0.1) is 22.3 Å². The molecule has 1 aromatic carbocycles. The fraction of sp³-hybridized carbons (Fsp3) is 0.278. The van der Waals surface area contributed by atoms with E-state index >= 15 is 0 Å². The zero-order valence-electron chi connectivity index (χ0n) is 13.8. The summed E-state index contributed by atoms with van der Waals surface area (Å²) in [6.07, 6.45) is 1.17. The predicted octanol–water partition coefficient (Wildman–Crippen LogP) is 3.71. The Kier molecular flexibility index (Phi) is 3.52. The number of aromatic nitrogens is 2. The second-order valence-corrected chi connectivity index (χ2v) is 6.22. The van der Waals surface area contributed by atoms with Crippen molar-refractivity contribution in [3.8, 4) is 0 Å². The van der Waals surface area contributed by atoms with E-state index in [1.165, 1.54) is 11.0 Å². The number of rotatable bonds is 1. The Balaban J connectivity index is 1.88. The Hall–Kier alpha value is -2.83. The summed E-state index contributed by atoms with van der Waals surface area (Å²) in [6, 6.07) is 3.74. The summed E-state index contributed by atoms with van der Waals surface area (Å²) >= 11 is 0. The lowest BCUT2D eigenvalue weighted by atomic mass is 9.99. The number of aryl methyl sites for hydroxylation is 3. The molecule has 4 rings (SSSR count). The number of nitrogens with zero attached hydrogens (tertiary/aromatic N) is 3. The molecule has 2 aromatic heterocycles. The first-order valence-corrected chi connectivity index (χ1v) is 7.99. The molecular formula is C18H15F2N3O2. The van der Waals surface area contributed by atoms with Crippen molar-refractivity contribution in [1.82, 2.24) is 10.1 Å². The maximum atomic E-state index is 14.4. The largest absolute Gasteiger partial charge is 0.336 e. The molecule has 3 heterocycles. The van der Waals surface area contributed by atoms with Crippen LogP contribution >= 0.6 is 0 Å². The molecule has 1 aliphatic rings. The number of pyridine rings is 1. The van der Waals surface area contributed by atoms with Crippen LogP contribution < -0.4 is 4.90 Å². The van der Waals surface area contributed by atoms with Gasteiger partial charge in [0.15, 0.2) is 0 Å². The molecule has 0 radical (unpaired) electrons. The molecule has 1 amide bonds. The fourth-order valence-electron chi connectivity index (χ4n) is 3.39. The highest BCUT2D eigenvalue weighted by Gasteiger charge is 2.29. The number of fused-ring (bicyclic) bond motifs is 2. The molecule has 1 aliphatic heterocycles. The summed E-state index contributed by atoms with van der Waals surface area (Å²) in [5.41, 5.74) is 2.43. The monoisotopic (exact) mass is 343 g/mol. The van der Waals surface area contributed by atoms with Crippen LogP contribution in [0.5, 0.6) is 0 Å². The van der Waals surface area contributed by atoms with Crippen molar-refractivity contribution in [2.75, 3.05) is 11.4 Å². The maximum absolute atomic E-state index is 14.4. The number of halogens is 2. The maximum Gasteiger partial charge on any atom is 0.259 e. The Bertz CT molecular complexity index is 1010. The van der Waals surface area contributed by atoms with Gasteiger partial charge in [-0.25, -0.2) is 13.8 Å². The first kappa shape index (κ1) is 15.7. The number of carbonyl (C=O) groups excluding carboxylic acids is 1. The van der Waals surface area contributed by atoms with Gasteiger partial charge in [0.1, 0.15) is 11.6 Å². The molecule has 0 spiro atoms. The molecule has 0 fully saturated rings. The highest BCUT2D eigenvalue weighted by atomic mass is 19.1. The molecule has 0 N–H and O–H groups in total. The van der Waals surface area contributed by atoms with Crippen molar-refractivity contribution >= 4 is 22.7 Å². The normalized spacial score (nSPS) is 14.0. The highest BCUT2D eigenvalue weighted by Crippen LogP contribution is 2.33. The summed E-state index contributed by atoms with van der Waals surface area (Å²) in [7, 11) is 0. The number of anilines is 1. The van der Waals surface area contributed by atoms with Crippen LogP contribution in [0.25, 0.3) is 11.1 Å². The van der Waals surface area contributed by atoms with Gasteiger partial charge in [-0.2, -0.15) is 0 Å². The Morgan fingerprint density at radius 2 is 2.04 bits per heavy atom. The lowest BCUT2D eigenvalue weighted by Gasteiger charge is -2.30. The van der Waals surface area contributed by atoms with E-state index in [9.17, 15) is 13.6 Å². The summed E-state index contributed by atoms with van der Waals surface area (Å²) in [5, 5.41) is 4.39. The minimum Gasteiger partial charge on any atom is -0.336 e. The standard InChI is InChI=1S/C18H15F2N3O2/c1-9-6-13(15-10(2)22-25-17(15)21-9)18(24)23-5-3-4-11-7-12(19)8-14(20)16(11)23/h6-8H,3-5H2,1-2H3. The minimum absolute atomic E-state index is 0.148. The Morgan fingerprint density at radius 1 is 1.24 bits per heavy atom. The molecule has 0 aliphatic carbocycles. The van der Waals surface area contributed by atoms with Gasteiger partial charge >= 0.3 is 0 Å². The fourth-order valence-corrected chi connectivity index (χ4v) is 3.39. The number of hydrogen-bond acceptors (Lipinski definition) is 4. The van der Waals surface area contributed by atoms with Crippen molar-refractivity contribution in [1.29, 1.82) is 0 Å². The third kappa shape index (κ3) is 2.47. The van der Waals surface area contributed by atoms with E-state index < -0.39 is 11.6 Å². The SMILES string of the molecule is Cc1cc(C(=O)N2CCCc3cc(F)cc(F)c32)c2c(C)noc2n1. The molecule has 0 atom stereocenters. The molecule has 128 valence electrons. The quantitative estimate of drug-likeness (QED) is 0.676. The van der Waals surface area contributed by atoms with Gasteiger partial charge in [0.2, 0.25) is 0 Å². The highest BCUT2D eigenvalue weighted by molar-refractivity contribution is 6.14. The Labute approximate surface area is 142 Å². The summed E-state index contributed by atoms with van der Waals surface area (Å²) in [4.78, 5) is 18.8. The van der Waals surface area contributed by atoms with E-state index in [2.05, 4.69) is 10.1 Å². The van der Waals surface area contributed by atoms with Gasteiger partial charge in [-0.1, -0.05) is 5.16 Å². The van der Waals surface area contributed by atoms with Crippen molar-refractivity contribution in [3.05, 3.63) is 52.3 Å². The zero-order chi connectivity index (χ0) is 17.7. The van der Waals surface area contributed by atoms with Crippen LogP contribution in [0.1, 0.15) is 33.7 Å². The van der Waals surface area contributed by atoms with E-state index in [-0.39, 0.29) is 17.3 Å². The first-order valence-electron chi connectivity index (χ1n) is 7.99. The summed E-state index contributed by atoms with van der Waals surface area (Å²) in [6.45, 7) is 3.83. The molecular weight excluding hydrogens is 328 g/mol. The van der Waals surface area contributed by atoms with Crippen molar-refractivity contribution in [2.45, 2.75) is 26.7 Å². The third-order valence-electron chi connectivity index (χ3n) is 4.43. The number of hydrogen-bond donors (Lipinski definition) is 0. The third-order valence-corrected chi connectivity index (χ3v) is 4.43. The molecule has 0 saturated heterocycles. The van der Waals surface area contributed by atoms with E-state index in [1.54, 1.807) is 19.9 Å². The smallest absolute Gasteiger partial charge is 0.259 e. The number of amides is 1. The van der Waals surface area contributed by atoms with E-state index in [4.69, 9.17) is 4.52 Å². The van der Waals surface area contributed by atoms with Crippen LogP contribution in [0, 0.1) is 25.5 Å². The van der Waals surface area contributed by atoms with E-state index in [0.29, 0.717) is 47.3 Å². The van der Waals surface area contributed by atoms with Crippen molar-refractivity contribution in [2.24, 2.45) is 0 Å². The van der Waals surface area contributed by atoms with E-state index in [1.807, 2.05) is 0 Å². The van der Waals surface area contributed by atoms with Crippen LogP contribution in [0.15, 0.2) is 22.7 Å². The molecule has 7 heteroatoms. The van der Waals surface area contributed by atoms with Crippen LogP contribution in [-0.2, 0) is 6.42 Å². The van der Waals surface area contributed by atoms with Gasteiger partial charge in [-0.15, -0.1) is 0 Å². The topological polar surface area (TPSA) is 59.2 Å². The Morgan fingerprint density at radius 3 is 2.84 bits per heavy atom. The molecule has 5 nitrogen and oxygen atoms in total. The summed E-state index contributed by atoms with van der Waals surface area (Å²) in [5.74, 6) is -1.73. The predicted molar refractivity (Wildman–Crippen MR) is 87.6 cm³/mol. The summed E-state index contributed by atoms with van der Waals surface area (Å²) < 4.78 is 33.1. The van der Waals surface area contributed by atoms with Crippen LogP contribution in [0.3, 0.4) is 0 Å². The van der Waals surface area contributed by atoms with Crippen LogP contribution in [0.2, 0.25) is 0 Å². The van der Waals surface area contributed by atoms with Crippen molar-refractivity contribution in [3.63, 3.8) is 0 Å². The second kappa shape index (κ2) is 5.61. The second-order valence-electron chi connectivity index (χ2n) is 6.22. The van der Waals surface area contributed by atoms with Crippen LogP contribution in [0.4, 0.5) is 14.5 Å². The van der Waals surface area contributed by atoms with Gasteiger partial charge in [-0.05, 0) is 44.4 Å². The van der Waals surface area contributed by atoms with Gasteiger partial charge in [0, 0.05) is 18.3 Å². The average Bonchev–Trinajstić information content (AvgIpc) is 2.93. The van der Waals surface area contributed by atoms with Crippen LogP contribution in [-0.4, -0.2) is 22.6 Å².